The molecule has 0 radical (unpaired) electrons. The summed E-state index contributed by atoms with van der Waals surface area (Å²) in [5.41, 5.74) is 1.25. The van der Waals surface area contributed by atoms with Gasteiger partial charge in [-0.2, -0.15) is 0 Å². The Balaban J connectivity index is 2.03. The van der Waals surface area contributed by atoms with Gasteiger partial charge in [-0.3, -0.25) is 9.59 Å². The van der Waals surface area contributed by atoms with Crippen LogP contribution in [0.15, 0.2) is 24.3 Å². The molecular formula is C16H22N2O2. The van der Waals surface area contributed by atoms with Gasteiger partial charge in [-0.1, -0.05) is 0 Å². The van der Waals surface area contributed by atoms with Crippen LogP contribution in [0.4, 0.5) is 0 Å². The lowest BCUT2D eigenvalue weighted by atomic mass is 10.1. The summed E-state index contributed by atoms with van der Waals surface area (Å²) in [6.45, 7) is 5.53. The molecule has 1 aliphatic heterocycles. The number of likely N-dealkylation sites (tertiary alicyclic amines) is 1. The van der Waals surface area contributed by atoms with Crippen LogP contribution >= 0.6 is 0 Å². The smallest absolute Gasteiger partial charge is 0.253 e. The van der Waals surface area contributed by atoms with Gasteiger partial charge in [0.05, 0.1) is 0 Å². The minimum atomic E-state index is -0.100. The molecule has 0 bridgehead atoms. The molecule has 0 aliphatic carbocycles. The molecular weight excluding hydrogens is 252 g/mol. The average Bonchev–Trinajstić information content (AvgIpc) is 2.47. The second-order valence-electron chi connectivity index (χ2n) is 5.56. The summed E-state index contributed by atoms with van der Waals surface area (Å²) in [7, 11) is 0. The highest BCUT2D eigenvalue weighted by atomic mass is 16.2. The Morgan fingerprint density at radius 2 is 1.55 bits per heavy atom. The molecule has 20 heavy (non-hydrogen) atoms. The number of nitrogens with zero attached hydrogens (tertiary/aromatic N) is 1. The fourth-order valence-electron chi connectivity index (χ4n) is 2.39. The Morgan fingerprint density at radius 3 is 2.10 bits per heavy atom. The number of rotatable bonds is 3. The number of hydrogen-bond donors (Lipinski definition) is 1. The molecule has 2 rings (SSSR count). The minimum absolute atomic E-state index is 0.0699. The molecule has 1 fully saturated rings. The lowest BCUT2D eigenvalue weighted by Crippen LogP contribution is -2.35. The standard InChI is InChI=1S/C16H22N2O2/c1-12(2)17-15(19)13-6-8-14(9-7-13)16(20)18-10-4-3-5-11-18/h6-9,12H,3-5,10-11H2,1-2H3,(H,17,19). The fraction of sp³-hybridized carbons (Fsp3) is 0.500. The van der Waals surface area contributed by atoms with E-state index < -0.39 is 0 Å². The van der Waals surface area contributed by atoms with Gasteiger partial charge < -0.3 is 10.2 Å². The highest BCUT2D eigenvalue weighted by Crippen LogP contribution is 2.14. The van der Waals surface area contributed by atoms with Crippen LogP contribution in [0, 0.1) is 0 Å². The lowest BCUT2D eigenvalue weighted by Gasteiger charge is -2.26. The number of hydrogen-bond acceptors (Lipinski definition) is 2. The quantitative estimate of drug-likeness (QED) is 0.920. The topological polar surface area (TPSA) is 49.4 Å². The molecule has 1 heterocycles. The first kappa shape index (κ1) is 14.6. The van der Waals surface area contributed by atoms with Crippen LogP contribution in [0.5, 0.6) is 0 Å². The SMILES string of the molecule is CC(C)NC(=O)c1ccc(C(=O)N2CCCCC2)cc1. The van der Waals surface area contributed by atoms with E-state index >= 15 is 0 Å². The summed E-state index contributed by atoms with van der Waals surface area (Å²) in [4.78, 5) is 26.0. The normalized spacial score (nSPS) is 15.2. The predicted octanol–water partition coefficient (Wildman–Crippen LogP) is 2.45. The van der Waals surface area contributed by atoms with E-state index in [9.17, 15) is 9.59 Å². The molecule has 2 amide bonds. The van der Waals surface area contributed by atoms with E-state index in [0.717, 1.165) is 25.9 Å². The zero-order valence-electron chi connectivity index (χ0n) is 12.2. The first-order valence-electron chi connectivity index (χ1n) is 7.28. The van der Waals surface area contributed by atoms with E-state index in [-0.39, 0.29) is 17.9 Å². The van der Waals surface area contributed by atoms with E-state index in [4.69, 9.17) is 0 Å². The highest BCUT2D eigenvalue weighted by molar-refractivity contribution is 5.97. The van der Waals surface area contributed by atoms with Crippen LogP contribution in [0.2, 0.25) is 0 Å². The lowest BCUT2D eigenvalue weighted by molar-refractivity contribution is 0.0723. The summed E-state index contributed by atoms with van der Waals surface area (Å²) < 4.78 is 0. The molecule has 1 N–H and O–H groups in total. The van der Waals surface area contributed by atoms with Crippen LogP contribution in [-0.4, -0.2) is 35.8 Å². The maximum absolute atomic E-state index is 12.3. The van der Waals surface area contributed by atoms with Crippen molar-refractivity contribution in [3.05, 3.63) is 35.4 Å². The third-order valence-corrected chi connectivity index (χ3v) is 3.46. The van der Waals surface area contributed by atoms with Gasteiger partial charge in [-0.15, -0.1) is 0 Å². The van der Waals surface area contributed by atoms with Gasteiger partial charge in [0.25, 0.3) is 11.8 Å². The van der Waals surface area contributed by atoms with E-state index in [1.165, 1.54) is 6.42 Å². The second kappa shape index (κ2) is 6.55. The number of nitrogens with one attached hydrogen (secondary N) is 1. The molecule has 1 aliphatic rings. The van der Waals surface area contributed by atoms with Gasteiger partial charge in [0.2, 0.25) is 0 Å². The van der Waals surface area contributed by atoms with E-state index in [1.54, 1.807) is 24.3 Å². The maximum atomic E-state index is 12.3. The van der Waals surface area contributed by atoms with Gasteiger partial charge in [-0.05, 0) is 57.4 Å². The number of piperidine rings is 1. The summed E-state index contributed by atoms with van der Waals surface area (Å²) in [6, 6.07) is 7.03. The summed E-state index contributed by atoms with van der Waals surface area (Å²) in [5, 5.41) is 2.84. The summed E-state index contributed by atoms with van der Waals surface area (Å²) in [5.74, 6) is -0.0301. The molecule has 0 aromatic heterocycles. The molecule has 0 saturated carbocycles. The largest absolute Gasteiger partial charge is 0.350 e. The van der Waals surface area contributed by atoms with Crippen LogP contribution < -0.4 is 5.32 Å². The molecule has 108 valence electrons. The van der Waals surface area contributed by atoms with E-state index in [1.807, 2.05) is 18.7 Å². The van der Waals surface area contributed by atoms with Crippen LogP contribution in [0.25, 0.3) is 0 Å². The van der Waals surface area contributed by atoms with Crippen LogP contribution in [0.3, 0.4) is 0 Å². The van der Waals surface area contributed by atoms with Gasteiger partial charge in [0.1, 0.15) is 0 Å². The molecule has 0 spiro atoms. The van der Waals surface area contributed by atoms with Gasteiger partial charge in [0.15, 0.2) is 0 Å². The molecule has 4 heteroatoms. The Bertz CT molecular complexity index is 474. The number of carbonyl (C=O) groups excluding carboxylic acids is 2. The van der Waals surface area contributed by atoms with Crippen LogP contribution in [0.1, 0.15) is 53.8 Å². The molecule has 0 unspecified atom stereocenters. The average molecular weight is 274 g/mol. The van der Waals surface area contributed by atoms with Gasteiger partial charge in [-0.25, -0.2) is 0 Å². The van der Waals surface area contributed by atoms with Crippen molar-refractivity contribution in [2.45, 2.75) is 39.2 Å². The first-order chi connectivity index (χ1) is 9.58. The van der Waals surface area contributed by atoms with Gasteiger partial charge >= 0.3 is 0 Å². The Morgan fingerprint density at radius 1 is 1.00 bits per heavy atom. The fourth-order valence-corrected chi connectivity index (χ4v) is 2.39. The van der Waals surface area contributed by atoms with Crippen molar-refractivity contribution in [1.29, 1.82) is 0 Å². The van der Waals surface area contributed by atoms with Crippen molar-refractivity contribution < 1.29 is 9.59 Å². The van der Waals surface area contributed by atoms with E-state index in [0.29, 0.717) is 11.1 Å². The van der Waals surface area contributed by atoms with E-state index in [2.05, 4.69) is 5.32 Å². The Labute approximate surface area is 120 Å². The minimum Gasteiger partial charge on any atom is -0.350 e. The van der Waals surface area contributed by atoms with Crippen molar-refractivity contribution in [3.63, 3.8) is 0 Å². The van der Waals surface area contributed by atoms with Crippen molar-refractivity contribution in [1.82, 2.24) is 10.2 Å². The third kappa shape index (κ3) is 3.59. The number of amides is 2. The monoisotopic (exact) mass is 274 g/mol. The molecule has 1 aromatic carbocycles. The Hall–Kier alpha value is -1.84. The molecule has 1 saturated heterocycles. The zero-order valence-corrected chi connectivity index (χ0v) is 12.2. The third-order valence-electron chi connectivity index (χ3n) is 3.46. The molecule has 0 atom stereocenters. The van der Waals surface area contributed by atoms with Crippen molar-refractivity contribution in [3.8, 4) is 0 Å². The number of carbonyl (C=O) groups is 2. The summed E-state index contributed by atoms with van der Waals surface area (Å²) >= 11 is 0. The van der Waals surface area contributed by atoms with Crippen molar-refractivity contribution in [2.24, 2.45) is 0 Å². The maximum Gasteiger partial charge on any atom is 0.253 e. The summed E-state index contributed by atoms with van der Waals surface area (Å²) in [6.07, 6.45) is 3.37. The highest BCUT2D eigenvalue weighted by Gasteiger charge is 2.18. The Kier molecular flexibility index (Phi) is 4.77. The molecule has 4 nitrogen and oxygen atoms in total. The van der Waals surface area contributed by atoms with Crippen molar-refractivity contribution in [2.75, 3.05) is 13.1 Å². The van der Waals surface area contributed by atoms with Crippen LogP contribution in [-0.2, 0) is 0 Å². The zero-order chi connectivity index (χ0) is 14.5. The molecule has 1 aromatic rings. The second-order valence-corrected chi connectivity index (χ2v) is 5.56. The number of benzene rings is 1. The van der Waals surface area contributed by atoms with Crippen molar-refractivity contribution >= 4 is 11.8 Å². The first-order valence-corrected chi connectivity index (χ1v) is 7.28. The van der Waals surface area contributed by atoms with Gasteiger partial charge in [0, 0.05) is 30.3 Å². The predicted molar refractivity (Wildman–Crippen MR) is 78.8 cm³/mol.